The van der Waals surface area contributed by atoms with Gasteiger partial charge in [-0.2, -0.15) is 0 Å². The first-order valence-electron chi connectivity index (χ1n) is 4.46. The van der Waals surface area contributed by atoms with Gasteiger partial charge in [0.2, 0.25) is 0 Å². The molecule has 15 heavy (non-hydrogen) atoms. The van der Waals surface area contributed by atoms with Crippen molar-refractivity contribution in [2.75, 3.05) is 0 Å². The van der Waals surface area contributed by atoms with Gasteiger partial charge in [0.15, 0.2) is 0 Å². The Morgan fingerprint density at radius 3 is 2.73 bits per heavy atom. The van der Waals surface area contributed by atoms with Gasteiger partial charge in [0.25, 0.3) is 0 Å². The summed E-state index contributed by atoms with van der Waals surface area (Å²) >= 11 is 6.87. The molecule has 0 bridgehead atoms. The number of thiophene rings is 2. The Balaban J connectivity index is 2.36. The fourth-order valence-electron chi connectivity index (χ4n) is 1.48. The van der Waals surface area contributed by atoms with E-state index >= 15 is 0 Å². The van der Waals surface area contributed by atoms with Crippen molar-refractivity contribution in [3.63, 3.8) is 0 Å². The first-order chi connectivity index (χ1) is 7.22. The van der Waals surface area contributed by atoms with E-state index in [9.17, 15) is 0 Å². The molecule has 0 saturated carbocycles. The summed E-state index contributed by atoms with van der Waals surface area (Å²) in [6.45, 7) is 2.11. The Bertz CT molecular complexity index is 450. The minimum Gasteiger partial charge on any atom is -0.271 e. The van der Waals surface area contributed by atoms with Crippen LogP contribution in [0.2, 0.25) is 0 Å². The van der Waals surface area contributed by atoms with Gasteiger partial charge in [0.05, 0.1) is 9.83 Å². The number of nitrogens with two attached hydrogens (primary N) is 1. The predicted molar refractivity (Wildman–Crippen MR) is 70.2 cm³/mol. The number of hydrogen-bond acceptors (Lipinski definition) is 4. The third kappa shape index (κ3) is 2.32. The summed E-state index contributed by atoms with van der Waals surface area (Å²) < 4.78 is 1.13. The second-order valence-corrected chi connectivity index (χ2v) is 6.49. The quantitative estimate of drug-likeness (QED) is 0.673. The average Bonchev–Trinajstić information content (AvgIpc) is 2.79. The molecule has 1 atom stereocenters. The topological polar surface area (TPSA) is 38.0 Å². The fraction of sp³-hybridized carbons (Fsp3) is 0.200. The monoisotopic (exact) mass is 302 g/mol. The van der Waals surface area contributed by atoms with E-state index in [0.29, 0.717) is 0 Å². The van der Waals surface area contributed by atoms with Crippen LogP contribution in [-0.4, -0.2) is 0 Å². The van der Waals surface area contributed by atoms with Crippen LogP contribution < -0.4 is 11.3 Å². The van der Waals surface area contributed by atoms with Crippen molar-refractivity contribution in [3.8, 4) is 0 Å². The Hall–Kier alpha value is -0.200. The van der Waals surface area contributed by atoms with Gasteiger partial charge < -0.3 is 0 Å². The third-order valence-corrected chi connectivity index (χ3v) is 4.86. The molecule has 0 fully saturated rings. The van der Waals surface area contributed by atoms with Gasteiger partial charge >= 0.3 is 0 Å². The van der Waals surface area contributed by atoms with Crippen molar-refractivity contribution < 1.29 is 0 Å². The average molecular weight is 303 g/mol. The van der Waals surface area contributed by atoms with Crippen LogP contribution in [0.4, 0.5) is 0 Å². The normalized spacial score (nSPS) is 13.0. The van der Waals surface area contributed by atoms with E-state index in [0.717, 1.165) is 3.79 Å². The standard InChI is InChI=1S/C10H11BrN2S2/c1-6-2-3-14-10(6)9(13-12)7-4-8(11)15-5-7/h2-5,9,13H,12H2,1H3. The number of halogens is 1. The summed E-state index contributed by atoms with van der Waals surface area (Å²) in [5, 5.41) is 4.21. The van der Waals surface area contributed by atoms with E-state index in [1.54, 1.807) is 22.7 Å². The molecule has 2 rings (SSSR count). The predicted octanol–water partition coefficient (Wildman–Crippen LogP) is 3.43. The maximum absolute atomic E-state index is 5.62. The highest BCUT2D eigenvalue weighted by molar-refractivity contribution is 9.11. The molecule has 0 aromatic carbocycles. The van der Waals surface area contributed by atoms with E-state index in [2.05, 4.69) is 51.2 Å². The molecule has 2 nitrogen and oxygen atoms in total. The lowest BCUT2D eigenvalue weighted by atomic mass is 10.1. The molecule has 0 spiro atoms. The summed E-state index contributed by atoms with van der Waals surface area (Å²) in [4.78, 5) is 1.28. The van der Waals surface area contributed by atoms with E-state index in [-0.39, 0.29) is 6.04 Å². The van der Waals surface area contributed by atoms with Crippen molar-refractivity contribution in [1.29, 1.82) is 0 Å². The van der Waals surface area contributed by atoms with Crippen LogP contribution in [0, 0.1) is 6.92 Å². The molecule has 0 radical (unpaired) electrons. The first-order valence-corrected chi connectivity index (χ1v) is 7.01. The molecule has 80 valence electrons. The zero-order valence-electron chi connectivity index (χ0n) is 8.16. The Morgan fingerprint density at radius 1 is 1.47 bits per heavy atom. The van der Waals surface area contributed by atoms with Crippen LogP contribution in [0.1, 0.15) is 22.0 Å². The van der Waals surface area contributed by atoms with E-state index < -0.39 is 0 Å². The highest BCUT2D eigenvalue weighted by atomic mass is 79.9. The molecule has 0 aliphatic rings. The molecule has 2 heterocycles. The smallest absolute Gasteiger partial charge is 0.0813 e. The van der Waals surface area contributed by atoms with E-state index in [1.165, 1.54) is 16.0 Å². The highest BCUT2D eigenvalue weighted by Crippen LogP contribution is 2.32. The Morgan fingerprint density at radius 2 is 2.27 bits per heavy atom. The van der Waals surface area contributed by atoms with Gasteiger partial charge in [-0.05, 0) is 56.9 Å². The molecular weight excluding hydrogens is 292 g/mol. The molecule has 1 unspecified atom stereocenters. The third-order valence-electron chi connectivity index (χ3n) is 2.25. The Kier molecular flexibility index (Phi) is 3.58. The van der Waals surface area contributed by atoms with Gasteiger partial charge in [-0.25, -0.2) is 5.43 Å². The second-order valence-electron chi connectivity index (χ2n) is 3.25. The number of hydrazine groups is 1. The summed E-state index contributed by atoms with van der Waals surface area (Å²) in [6, 6.07) is 4.33. The first kappa shape index (κ1) is 11.3. The van der Waals surface area contributed by atoms with Crippen molar-refractivity contribution in [3.05, 3.63) is 42.7 Å². The summed E-state index contributed by atoms with van der Waals surface area (Å²) in [5.41, 5.74) is 5.36. The molecule has 2 aromatic rings. The van der Waals surface area contributed by atoms with Crippen molar-refractivity contribution in [1.82, 2.24) is 5.43 Å². The molecular formula is C10H11BrN2S2. The van der Waals surface area contributed by atoms with E-state index in [1.807, 2.05) is 0 Å². The highest BCUT2D eigenvalue weighted by Gasteiger charge is 2.16. The lowest BCUT2D eigenvalue weighted by Gasteiger charge is -2.13. The number of aryl methyl sites for hydroxylation is 1. The summed E-state index contributed by atoms with van der Waals surface area (Å²) in [6.07, 6.45) is 0. The maximum Gasteiger partial charge on any atom is 0.0813 e. The molecule has 3 N–H and O–H groups in total. The summed E-state index contributed by atoms with van der Waals surface area (Å²) in [5.74, 6) is 5.62. The van der Waals surface area contributed by atoms with Crippen LogP contribution in [0.25, 0.3) is 0 Å². The Labute approximate surface area is 105 Å². The molecule has 0 aliphatic heterocycles. The van der Waals surface area contributed by atoms with Crippen molar-refractivity contribution in [2.24, 2.45) is 5.84 Å². The fourth-order valence-corrected chi connectivity index (χ4v) is 3.69. The van der Waals surface area contributed by atoms with Gasteiger partial charge in [0, 0.05) is 4.88 Å². The van der Waals surface area contributed by atoms with Crippen LogP contribution >= 0.6 is 38.6 Å². The van der Waals surface area contributed by atoms with Gasteiger partial charge in [0.1, 0.15) is 0 Å². The molecule has 0 amide bonds. The number of hydrogen-bond donors (Lipinski definition) is 2. The SMILES string of the molecule is Cc1ccsc1C(NN)c1csc(Br)c1. The second kappa shape index (κ2) is 4.76. The van der Waals surface area contributed by atoms with E-state index in [4.69, 9.17) is 5.84 Å². The van der Waals surface area contributed by atoms with Crippen LogP contribution in [0.5, 0.6) is 0 Å². The number of nitrogens with one attached hydrogen (secondary N) is 1. The number of rotatable bonds is 3. The van der Waals surface area contributed by atoms with Crippen molar-refractivity contribution >= 4 is 38.6 Å². The lowest BCUT2D eigenvalue weighted by molar-refractivity contribution is 0.645. The lowest BCUT2D eigenvalue weighted by Crippen LogP contribution is -2.28. The van der Waals surface area contributed by atoms with Crippen LogP contribution in [-0.2, 0) is 0 Å². The molecule has 2 aromatic heterocycles. The summed E-state index contributed by atoms with van der Waals surface area (Å²) in [7, 11) is 0. The zero-order chi connectivity index (χ0) is 10.8. The zero-order valence-corrected chi connectivity index (χ0v) is 11.4. The minimum atomic E-state index is 0.104. The van der Waals surface area contributed by atoms with Gasteiger partial charge in [-0.1, -0.05) is 0 Å². The van der Waals surface area contributed by atoms with Gasteiger partial charge in [-0.3, -0.25) is 5.84 Å². The minimum absolute atomic E-state index is 0.104. The van der Waals surface area contributed by atoms with Crippen LogP contribution in [0.3, 0.4) is 0 Å². The van der Waals surface area contributed by atoms with Gasteiger partial charge in [-0.15, -0.1) is 22.7 Å². The maximum atomic E-state index is 5.62. The molecule has 0 saturated heterocycles. The van der Waals surface area contributed by atoms with Crippen LogP contribution in [0.15, 0.2) is 26.7 Å². The molecule has 0 aliphatic carbocycles. The molecule has 5 heteroatoms. The largest absolute Gasteiger partial charge is 0.271 e. The van der Waals surface area contributed by atoms with Crippen molar-refractivity contribution in [2.45, 2.75) is 13.0 Å².